The Labute approximate surface area is 119 Å². The summed E-state index contributed by atoms with van der Waals surface area (Å²) < 4.78 is 1.47. The maximum Gasteiger partial charge on any atom is 0.292 e. The summed E-state index contributed by atoms with van der Waals surface area (Å²) in [6.07, 6.45) is 0. The van der Waals surface area contributed by atoms with E-state index < -0.39 is 4.92 Å². The summed E-state index contributed by atoms with van der Waals surface area (Å²) in [6, 6.07) is 15.6. The molecular weight excluding hydrogens is 272 g/mol. The minimum Gasteiger partial charge on any atom is -0.317 e. The van der Waals surface area contributed by atoms with E-state index in [9.17, 15) is 10.1 Å². The van der Waals surface area contributed by atoms with Crippen LogP contribution in [0.25, 0.3) is 5.69 Å². The van der Waals surface area contributed by atoms with Gasteiger partial charge in [-0.2, -0.15) is 4.68 Å². The molecular formula is C13H10N6O2. The molecule has 0 bridgehead atoms. The number of nitro benzene ring substituents is 1. The van der Waals surface area contributed by atoms with Gasteiger partial charge in [-0.15, -0.1) is 0 Å². The standard InChI is InChI=1S/C13H10N6O2/c20-19(21)12-9-5-4-8-11(12)14-13-15-16-17-18(13)10-6-2-1-3-7-10/h1-9H,(H,14,15,17). The first-order valence-corrected chi connectivity index (χ1v) is 6.10. The van der Waals surface area contributed by atoms with E-state index in [0.29, 0.717) is 11.6 Å². The lowest BCUT2D eigenvalue weighted by atomic mass is 10.3. The van der Waals surface area contributed by atoms with Gasteiger partial charge in [0.15, 0.2) is 0 Å². The van der Waals surface area contributed by atoms with Gasteiger partial charge in [-0.1, -0.05) is 35.4 Å². The molecule has 0 radical (unpaired) electrons. The number of nitrogens with one attached hydrogen (secondary N) is 1. The van der Waals surface area contributed by atoms with Crippen LogP contribution in [0.5, 0.6) is 0 Å². The van der Waals surface area contributed by atoms with Crippen LogP contribution in [0.1, 0.15) is 0 Å². The molecule has 3 rings (SSSR count). The van der Waals surface area contributed by atoms with Crippen molar-refractivity contribution in [3.63, 3.8) is 0 Å². The smallest absolute Gasteiger partial charge is 0.292 e. The van der Waals surface area contributed by atoms with Crippen molar-refractivity contribution in [2.45, 2.75) is 0 Å². The third-order valence-corrected chi connectivity index (χ3v) is 2.82. The Hall–Kier alpha value is -3.29. The second-order valence-corrected chi connectivity index (χ2v) is 4.15. The normalized spacial score (nSPS) is 10.3. The summed E-state index contributed by atoms with van der Waals surface area (Å²) in [5.41, 5.74) is 1.04. The molecule has 0 saturated carbocycles. The first-order chi connectivity index (χ1) is 10.3. The Bertz CT molecular complexity index is 771. The van der Waals surface area contributed by atoms with Gasteiger partial charge in [0.25, 0.3) is 11.6 Å². The third-order valence-electron chi connectivity index (χ3n) is 2.82. The SMILES string of the molecule is O=[N+]([O-])c1ccccc1Nc1nnnn1-c1ccccc1. The first kappa shape index (κ1) is 12.7. The molecule has 8 heteroatoms. The van der Waals surface area contributed by atoms with E-state index in [-0.39, 0.29) is 5.69 Å². The fraction of sp³-hybridized carbons (Fsp3) is 0. The monoisotopic (exact) mass is 282 g/mol. The number of aromatic nitrogens is 4. The van der Waals surface area contributed by atoms with Crippen LogP contribution < -0.4 is 5.32 Å². The number of nitro groups is 1. The highest BCUT2D eigenvalue weighted by Gasteiger charge is 2.15. The van der Waals surface area contributed by atoms with E-state index in [1.165, 1.54) is 10.7 Å². The van der Waals surface area contributed by atoms with Crippen molar-refractivity contribution in [1.82, 2.24) is 20.2 Å². The molecule has 0 spiro atoms. The van der Waals surface area contributed by atoms with Crippen LogP contribution in [0.4, 0.5) is 17.3 Å². The lowest BCUT2D eigenvalue weighted by Crippen LogP contribution is -2.04. The van der Waals surface area contributed by atoms with E-state index in [1.54, 1.807) is 18.2 Å². The van der Waals surface area contributed by atoms with Crippen LogP contribution in [0.3, 0.4) is 0 Å². The quantitative estimate of drug-likeness (QED) is 0.582. The summed E-state index contributed by atoms with van der Waals surface area (Å²) in [6.45, 7) is 0. The summed E-state index contributed by atoms with van der Waals surface area (Å²) >= 11 is 0. The van der Waals surface area contributed by atoms with Crippen LogP contribution in [0.2, 0.25) is 0 Å². The molecule has 0 amide bonds. The number of anilines is 2. The molecule has 1 aromatic heterocycles. The fourth-order valence-corrected chi connectivity index (χ4v) is 1.87. The summed E-state index contributed by atoms with van der Waals surface area (Å²) in [7, 11) is 0. The molecule has 0 aliphatic carbocycles. The minimum absolute atomic E-state index is 0.0416. The van der Waals surface area contributed by atoms with Crippen molar-refractivity contribution >= 4 is 17.3 Å². The zero-order chi connectivity index (χ0) is 14.7. The number of rotatable bonds is 4. The van der Waals surface area contributed by atoms with Gasteiger partial charge >= 0.3 is 0 Å². The van der Waals surface area contributed by atoms with Gasteiger partial charge in [0.2, 0.25) is 0 Å². The van der Waals surface area contributed by atoms with Crippen LogP contribution in [0.15, 0.2) is 54.6 Å². The Kier molecular flexibility index (Phi) is 3.26. The molecule has 2 aromatic carbocycles. The van der Waals surface area contributed by atoms with E-state index in [1.807, 2.05) is 30.3 Å². The van der Waals surface area contributed by atoms with Crippen molar-refractivity contribution in [3.05, 3.63) is 64.7 Å². The highest BCUT2D eigenvalue weighted by atomic mass is 16.6. The molecule has 21 heavy (non-hydrogen) atoms. The molecule has 1 N–H and O–H groups in total. The number of hydrogen-bond donors (Lipinski definition) is 1. The van der Waals surface area contributed by atoms with Crippen LogP contribution in [-0.2, 0) is 0 Å². The first-order valence-electron chi connectivity index (χ1n) is 6.10. The van der Waals surface area contributed by atoms with E-state index in [2.05, 4.69) is 20.8 Å². The van der Waals surface area contributed by atoms with E-state index in [0.717, 1.165) is 5.69 Å². The summed E-state index contributed by atoms with van der Waals surface area (Å²) in [5, 5.41) is 25.2. The molecule has 8 nitrogen and oxygen atoms in total. The molecule has 0 saturated heterocycles. The maximum absolute atomic E-state index is 11.0. The summed E-state index contributed by atoms with van der Waals surface area (Å²) in [4.78, 5) is 10.6. The number of benzene rings is 2. The van der Waals surface area contributed by atoms with Gasteiger partial charge in [-0.3, -0.25) is 10.1 Å². The molecule has 1 heterocycles. The van der Waals surface area contributed by atoms with Crippen molar-refractivity contribution in [2.75, 3.05) is 5.32 Å². The second-order valence-electron chi connectivity index (χ2n) is 4.15. The van der Waals surface area contributed by atoms with Gasteiger partial charge in [0.05, 0.1) is 10.6 Å². The average Bonchev–Trinajstić information content (AvgIpc) is 2.96. The Morgan fingerprint density at radius 3 is 2.52 bits per heavy atom. The fourth-order valence-electron chi connectivity index (χ4n) is 1.87. The minimum atomic E-state index is -0.459. The van der Waals surface area contributed by atoms with E-state index >= 15 is 0 Å². The molecule has 0 fully saturated rings. The Morgan fingerprint density at radius 2 is 1.76 bits per heavy atom. The summed E-state index contributed by atoms with van der Waals surface area (Å²) in [5.74, 6) is 0.301. The highest BCUT2D eigenvalue weighted by Crippen LogP contribution is 2.26. The lowest BCUT2D eigenvalue weighted by Gasteiger charge is -2.07. The zero-order valence-electron chi connectivity index (χ0n) is 10.7. The lowest BCUT2D eigenvalue weighted by molar-refractivity contribution is -0.383. The number of para-hydroxylation sites is 3. The predicted molar refractivity (Wildman–Crippen MR) is 75.5 cm³/mol. The number of hydrogen-bond acceptors (Lipinski definition) is 6. The average molecular weight is 282 g/mol. The van der Waals surface area contributed by atoms with Crippen molar-refractivity contribution in [3.8, 4) is 5.69 Å². The number of nitrogens with zero attached hydrogens (tertiary/aromatic N) is 5. The Morgan fingerprint density at radius 1 is 1.05 bits per heavy atom. The van der Waals surface area contributed by atoms with Gasteiger partial charge in [-0.25, -0.2) is 0 Å². The predicted octanol–water partition coefficient (Wildman–Crippen LogP) is 2.31. The second kappa shape index (κ2) is 5.37. The van der Waals surface area contributed by atoms with Gasteiger partial charge in [0, 0.05) is 6.07 Å². The largest absolute Gasteiger partial charge is 0.317 e. The van der Waals surface area contributed by atoms with Crippen molar-refractivity contribution in [1.29, 1.82) is 0 Å². The Balaban J connectivity index is 1.98. The van der Waals surface area contributed by atoms with Crippen molar-refractivity contribution < 1.29 is 4.92 Å². The van der Waals surface area contributed by atoms with Crippen LogP contribution in [0, 0.1) is 10.1 Å². The highest BCUT2D eigenvalue weighted by molar-refractivity contribution is 5.66. The topological polar surface area (TPSA) is 98.8 Å². The molecule has 104 valence electrons. The van der Waals surface area contributed by atoms with Gasteiger partial charge < -0.3 is 5.32 Å². The van der Waals surface area contributed by atoms with Crippen LogP contribution in [-0.4, -0.2) is 25.1 Å². The van der Waals surface area contributed by atoms with Gasteiger partial charge in [0.1, 0.15) is 5.69 Å². The van der Waals surface area contributed by atoms with Gasteiger partial charge in [-0.05, 0) is 28.6 Å². The molecule has 3 aromatic rings. The van der Waals surface area contributed by atoms with Crippen molar-refractivity contribution in [2.24, 2.45) is 0 Å². The van der Waals surface area contributed by atoms with E-state index in [4.69, 9.17) is 0 Å². The number of tetrazole rings is 1. The third kappa shape index (κ3) is 2.54. The molecule has 0 aliphatic rings. The molecule has 0 aliphatic heterocycles. The van der Waals surface area contributed by atoms with Crippen LogP contribution >= 0.6 is 0 Å². The zero-order valence-corrected chi connectivity index (χ0v) is 10.7. The maximum atomic E-state index is 11.0. The molecule has 0 atom stereocenters. The molecule has 0 unspecified atom stereocenters.